The quantitative estimate of drug-likeness (QED) is 0.796. The van der Waals surface area contributed by atoms with Crippen LogP contribution in [0, 0.1) is 0 Å². The van der Waals surface area contributed by atoms with Gasteiger partial charge in [-0.3, -0.25) is 4.90 Å². The SMILES string of the molecule is CC1CCCCCN1CCNCCc1ccsc1. The summed E-state index contributed by atoms with van der Waals surface area (Å²) in [5.74, 6) is 0. The van der Waals surface area contributed by atoms with E-state index in [9.17, 15) is 0 Å². The zero-order valence-electron chi connectivity index (χ0n) is 11.5. The molecule has 1 N–H and O–H groups in total. The molecule has 1 saturated heterocycles. The van der Waals surface area contributed by atoms with Crippen LogP contribution in [0.15, 0.2) is 16.8 Å². The zero-order chi connectivity index (χ0) is 12.6. The number of hydrogen-bond acceptors (Lipinski definition) is 3. The lowest BCUT2D eigenvalue weighted by Crippen LogP contribution is -2.38. The third-order valence-electron chi connectivity index (χ3n) is 3.94. The molecule has 1 aromatic heterocycles. The van der Waals surface area contributed by atoms with Crippen molar-refractivity contribution in [3.63, 3.8) is 0 Å². The van der Waals surface area contributed by atoms with E-state index in [0.29, 0.717) is 0 Å². The highest BCUT2D eigenvalue weighted by atomic mass is 32.1. The molecule has 102 valence electrons. The summed E-state index contributed by atoms with van der Waals surface area (Å²) in [4.78, 5) is 2.66. The van der Waals surface area contributed by atoms with Crippen LogP contribution in [0.5, 0.6) is 0 Å². The predicted octanol–water partition coefficient (Wildman–Crippen LogP) is 3.14. The Balaban J connectivity index is 1.56. The molecule has 2 nitrogen and oxygen atoms in total. The molecule has 18 heavy (non-hydrogen) atoms. The molecule has 0 spiro atoms. The van der Waals surface area contributed by atoms with E-state index in [1.165, 1.54) is 50.8 Å². The first kappa shape index (κ1) is 14.0. The number of rotatable bonds is 6. The molecule has 1 aliphatic rings. The topological polar surface area (TPSA) is 15.3 Å². The smallest absolute Gasteiger partial charge is 0.0110 e. The molecule has 1 unspecified atom stereocenters. The molecule has 3 heteroatoms. The molecule has 2 rings (SSSR count). The molecule has 0 radical (unpaired) electrons. The largest absolute Gasteiger partial charge is 0.315 e. The van der Waals surface area contributed by atoms with Crippen LogP contribution in [0.2, 0.25) is 0 Å². The monoisotopic (exact) mass is 266 g/mol. The average molecular weight is 266 g/mol. The lowest BCUT2D eigenvalue weighted by atomic mass is 10.1. The van der Waals surface area contributed by atoms with E-state index in [2.05, 4.69) is 34.0 Å². The molecule has 1 aliphatic heterocycles. The molecular formula is C15H26N2S. The Kier molecular flexibility index (Phi) is 6.18. The fourth-order valence-electron chi connectivity index (χ4n) is 2.68. The molecule has 1 fully saturated rings. The Morgan fingerprint density at radius 3 is 3.11 bits per heavy atom. The molecule has 1 atom stereocenters. The number of nitrogens with zero attached hydrogens (tertiary/aromatic N) is 1. The normalized spacial score (nSPS) is 21.9. The number of hydrogen-bond donors (Lipinski definition) is 1. The van der Waals surface area contributed by atoms with E-state index in [1.807, 2.05) is 0 Å². The van der Waals surface area contributed by atoms with Gasteiger partial charge in [-0.25, -0.2) is 0 Å². The van der Waals surface area contributed by atoms with E-state index >= 15 is 0 Å². The Hall–Kier alpha value is -0.380. The van der Waals surface area contributed by atoms with Crippen LogP contribution in [0.4, 0.5) is 0 Å². The second-order valence-corrected chi connectivity index (χ2v) is 6.15. The van der Waals surface area contributed by atoms with Crippen LogP contribution < -0.4 is 5.32 Å². The lowest BCUT2D eigenvalue weighted by molar-refractivity contribution is 0.214. The molecule has 0 aliphatic carbocycles. The molecule has 0 saturated carbocycles. The van der Waals surface area contributed by atoms with Crippen molar-refractivity contribution in [2.24, 2.45) is 0 Å². The summed E-state index contributed by atoms with van der Waals surface area (Å²) in [6, 6.07) is 3.01. The van der Waals surface area contributed by atoms with Crippen LogP contribution in [0.25, 0.3) is 0 Å². The van der Waals surface area contributed by atoms with E-state index < -0.39 is 0 Å². The van der Waals surface area contributed by atoms with E-state index in [-0.39, 0.29) is 0 Å². The standard InChI is InChI=1S/C15H26N2S/c1-14-5-3-2-4-10-17(14)11-9-16-8-6-15-7-12-18-13-15/h7,12-14,16H,2-6,8-11H2,1H3. The average Bonchev–Trinajstić information content (AvgIpc) is 2.80. The Morgan fingerprint density at radius 2 is 2.28 bits per heavy atom. The van der Waals surface area contributed by atoms with Gasteiger partial charge in [0.1, 0.15) is 0 Å². The highest BCUT2D eigenvalue weighted by Crippen LogP contribution is 2.15. The second-order valence-electron chi connectivity index (χ2n) is 5.37. The van der Waals surface area contributed by atoms with Crippen LogP contribution in [0.3, 0.4) is 0 Å². The minimum Gasteiger partial charge on any atom is -0.315 e. The van der Waals surface area contributed by atoms with Gasteiger partial charge in [-0.2, -0.15) is 11.3 Å². The van der Waals surface area contributed by atoms with Gasteiger partial charge in [0.2, 0.25) is 0 Å². The number of likely N-dealkylation sites (tertiary alicyclic amines) is 1. The van der Waals surface area contributed by atoms with Crippen molar-refractivity contribution in [1.29, 1.82) is 0 Å². The Morgan fingerprint density at radius 1 is 1.33 bits per heavy atom. The Bertz CT molecular complexity index is 310. The molecule has 0 aromatic carbocycles. The summed E-state index contributed by atoms with van der Waals surface area (Å²) in [6.45, 7) is 7.14. The van der Waals surface area contributed by atoms with E-state index in [1.54, 1.807) is 11.3 Å². The summed E-state index contributed by atoms with van der Waals surface area (Å²) in [5.41, 5.74) is 1.47. The summed E-state index contributed by atoms with van der Waals surface area (Å²) in [5, 5.41) is 7.98. The van der Waals surface area contributed by atoms with Gasteiger partial charge in [0.25, 0.3) is 0 Å². The number of nitrogens with one attached hydrogen (secondary N) is 1. The van der Waals surface area contributed by atoms with Crippen LogP contribution in [-0.4, -0.2) is 37.1 Å². The molecule has 0 amide bonds. The minimum absolute atomic E-state index is 0.783. The zero-order valence-corrected chi connectivity index (χ0v) is 12.3. The van der Waals surface area contributed by atoms with Crippen molar-refractivity contribution in [3.05, 3.63) is 22.4 Å². The van der Waals surface area contributed by atoms with Gasteiger partial charge in [-0.1, -0.05) is 12.8 Å². The van der Waals surface area contributed by atoms with Crippen LogP contribution in [-0.2, 0) is 6.42 Å². The Labute approximate surface area is 115 Å². The summed E-state index contributed by atoms with van der Waals surface area (Å²) >= 11 is 1.79. The summed E-state index contributed by atoms with van der Waals surface area (Å²) < 4.78 is 0. The predicted molar refractivity (Wildman–Crippen MR) is 80.4 cm³/mol. The molecular weight excluding hydrogens is 240 g/mol. The van der Waals surface area contributed by atoms with Crippen molar-refractivity contribution in [2.75, 3.05) is 26.2 Å². The van der Waals surface area contributed by atoms with Crippen molar-refractivity contribution >= 4 is 11.3 Å². The van der Waals surface area contributed by atoms with Crippen LogP contribution >= 0.6 is 11.3 Å². The third-order valence-corrected chi connectivity index (χ3v) is 4.67. The van der Waals surface area contributed by atoms with Gasteiger partial charge < -0.3 is 5.32 Å². The minimum atomic E-state index is 0.783. The van der Waals surface area contributed by atoms with Gasteiger partial charge in [0.05, 0.1) is 0 Å². The fraction of sp³-hybridized carbons (Fsp3) is 0.733. The van der Waals surface area contributed by atoms with Crippen molar-refractivity contribution < 1.29 is 0 Å². The van der Waals surface area contributed by atoms with E-state index in [4.69, 9.17) is 0 Å². The first-order valence-corrected chi connectivity index (χ1v) is 8.26. The number of thiophene rings is 1. The highest BCUT2D eigenvalue weighted by Gasteiger charge is 2.15. The van der Waals surface area contributed by atoms with Crippen molar-refractivity contribution in [2.45, 2.75) is 45.1 Å². The summed E-state index contributed by atoms with van der Waals surface area (Å²) in [7, 11) is 0. The van der Waals surface area contributed by atoms with E-state index in [0.717, 1.165) is 19.1 Å². The molecule has 1 aromatic rings. The first-order chi connectivity index (χ1) is 8.86. The lowest BCUT2D eigenvalue weighted by Gasteiger charge is -2.26. The fourth-order valence-corrected chi connectivity index (χ4v) is 3.39. The molecule has 0 bridgehead atoms. The maximum atomic E-state index is 3.57. The molecule has 2 heterocycles. The highest BCUT2D eigenvalue weighted by molar-refractivity contribution is 7.07. The van der Waals surface area contributed by atoms with Gasteiger partial charge in [-0.15, -0.1) is 0 Å². The van der Waals surface area contributed by atoms with Crippen molar-refractivity contribution in [3.8, 4) is 0 Å². The maximum absolute atomic E-state index is 3.57. The van der Waals surface area contributed by atoms with Gasteiger partial charge in [0.15, 0.2) is 0 Å². The first-order valence-electron chi connectivity index (χ1n) is 7.32. The second kappa shape index (κ2) is 7.93. The maximum Gasteiger partial charge on any atom is 0.0110 e. The summed E-state index contributed by atoms with van der Waals surface area (Å²) in [6.07, 6.45) is 6.78. The van der Waals surface area contributed by atoms with Crippen molar-refractivity contribution in [1.82, 2.24) is 10.2 Å². The van der Waals surface area contributed by atoms with Gasteiger partial charge in [0, 0.05) is 19.1 Å². The van der Waals surface area contributed by atoms with Gasteiger partial charge >= 0.3 is 0 Å². The van der Waals surface area contributed by atoms with Crippen LogP contribution in [0.1, 0.15) is 38.2 Å². The van der Waals surface area contributed by atoms with Gasteiger partial charge in [-0.05, 0) is 61.7 Å². The third kappa shape index (κ3) is 4.71.